The summed E-state index contributed by atoms with van der Waals surface area (Å²) in [4.78, 5) is 25.0. The average molecular weight is 466 g/mol. The van der Waals surface area contributed by atoms with E-state index in [9.17, 15) is 4.79 Å². The molecule has 0 aromatic carbocycles. The molecule has 0 bridgehead atoms. The van der Waals surface area contributed by atoms with Gasteiger partial charge in [-0.2, -0.15) is 5.10 Å². The van der Waals surface area contributed by atoms with Gasteiger partial charge in [0.05, 0.1) is 17.6 Å². The summed E-state index contributed by atoms with van der Waals surface area (Å²) in [5.74, 6) is 0.461. The predicted octanol–water partition coefficient (Wildman–Crippen LogP) is 3.08. The lowest BCUT2D eigenvalue weighted by Gasteiger charge is -2.39. The quantitative estimate of drug-likeness (QED) is 0.354. The van der Waals surface area contributed by atoms with Crippen molar-refractivity contribution in [3.8, 4) is 0 Å². The fraction of sp³-hybridized carbons (Fsp3) is 0.577. The molecule has 1 unspecified atom stereocenters. The van der Waals surface area contributed by atoms with Gasteiger partial charge in [0.15, 0.2) is 0 Å². The molecule has 3 atom stereocenters. The number of pyridine rings is 2. The highest BCUT2D eigenvalue weighted by Gasteiger charge is 2.32. The van der Waals surface area contributed by atoms with Gasteiger partial charge in [-0.25, -0.2) is 0 Å². The van der Waals surface area contributed by atoms with Crippen LogP contribution in [0, 0.1) is 0 Å². The molecule has 1 saturated heterocycles. The molecule has 0 spiro atoms. The molecule has 8 nitrogen and oxygen atoms in total. The molecule has 2 aliphatic rings. The highest BCUT2D eigenvalue weighted by Crippen LogP contribution is 2.36. The minimum absolute atomic E-state index is 0.0815. The van der Waals surface area contributed by atoms with Gasteiger partial charge in [0.2, 0.25) is 0 Å². The minimum Gasteiger partial charge on any atom is -0.368 e. The first-order valence-electron chi connectivity index (χ1n) is 12.7. The molecule has 2 aromatic heterocycles. The molecular weight excluding hydrogens is 426 g/mol. The number of H-pyrrole nitrogens is 1. The molecule has 3 heterocycles. The lowest BCUT2D eigenvalue weighted by molar-refractivity contribution is 0.186. The van der Waals surface area contributed by atoms with Crippen molar-refractivity contribution in [1.29, 1.82) is 0 Å². The number of aromatic amines is 1. The normalized spacial score (nSPS) is 22.4. The van der Waals surface area contributed by atoms with Crippen LogP contribution in [0.25, 0.3) is 0 Å². The zero-order valence-electron chi connectivity index (χ0n) is 20.8. The first-order chi connectivity index (χ1) is 16.5. The molecule has 1 saturated carbocycles. The van der Waals surface area contributed by atoms with Crippen LogP contribution in [-0.2, 0) is 6.42 Å². The summed E-state index contributed by atoms with van der Waals surface area (Å²) in [5.41, 5.74) is 10.3. The van der Waals surface area contributed by atoms with Crippen molar-refractivity contribution in [2.45, 2.75) is 64.1 Å². The van der Waals surface area contributed by atoms with Crippen molar-refractivity contribution in [2.75, 3.05) is 38.1 Å². The Morgan fingerprint density at radius 1 is 1.21 bits per heavy atom. The molecule has 1 aliphatic heterocycles. The monoisotopic (exact) mass is 465 g/mol. The van der Waals surface area contributed by atoms with E-state index in [-0.39, 0.29) is 11.7 Å². The van der Waals surface area contributed by atoms with Crippen molar-refractivity contribution in [1.82, 2.24) is 19.9 Å². The molecule has 3 N–H and O–H groups in total. The smallest absolute Gasteiger partial charge is 0.251 e. The summed E-state index contributed by atoms with van der Waals surface area (Å²) in [6.45, 7) is 8.18. The molecule has 4 rings (SSSR count). The van der Waals surface area contributed by atoms with Gasteiger partial charge in [-0.3, -0.25) is 19.7 Å². The zero-order chi connectivity index (χ0) is 24.1. The summed E-state index contributed by atoms with van der Waals surface area (Å²) in [6.07, 6.45) is 8.57. The van der Waals surface area contributed by atoms with Crippen molar-refractivity contribution >= 4 is 11.9 Å². The third-order valence-electron chi connectivity index (χ3n) is 7.36. The van der Waals surface area contributed by atoms with Gasteiger partial charge in [-0.15, -0.1) is 0 Å². The van der Waals surface area contributed by atoms with Gasteiger partial charge < -0.3 is 15.6 Å². The Morgan fingerprint density at radius 2 is 2.00 bits per heavy atom. The topological polar surface area (TPSA) is 93.9 Å². The lowest BCUT2D eigenvalue weighted by atomic mass is 10.0. The second kappa shape index (κ2) is 11.1. The molecule has 1 aliphatic carbocycles. The molecule has 2 aromatic rings. The van der Waals surface area contributed by atoms with Crippen LogP contribution < -0.4 is 16.2 Å². The number of piperazine rings is 1. The highest BCUT2D eigenvalue weighted by atomic mass is 16.1. The van der Waals surface area contributed by atoms with Crippen LogP contribution in [0.3, 0.4) is 0 Å². The molecule has 184 valence electrons. The van der Waals surface area contributed by atoms with Crippen LogP contribution in [0.15, 0.2) is 40.4 Å². The van der Waals surface area contributed by atoms with Gasteiger partial charge in [-0.05, 0) is 50.3 Å². The van der Waals surface area contributed by atoms with Crippen molar-refractivity contribution in [3.63, 3.8) is 0 Å². The molecule has 0 amide bonds. The van der Waals surface area contributed by atoms with Gasteiger partial charge in [-0.1, -0.05) is 19.9 Å². The molecule has 2 fully saturated rings. The fourth-order valence-electron chi connectivity index (χ4n) is 5.19. The number of nitrogens with two attached hydrogens (primary N) is 1. The highest BCUT2D eigenvalue weighted by molar-refractivity contribution is 5.56. The van der Waals surface area contributed by atoms with E-state index in [2.05, 4.69) is 37.0 Å². The predicted molar refractivity (Wildman–Crippen MR) is 138 cm³/mol. The maximum atomic E-state index is 12.2. The number of rotatable bonds is 8. The Kier molecular flexibility index (Phi) is 8.00. The number of hydrogen-bond acceptors (Lipinski definition) is 7. The maximum absolute atomic E-state index is 12.2. The van der Waals surface area contributed by atoms with Crippen molar-refractivity contribution in [2.24, 2.45) is 10.8 Å². The van der Waals surface area contributed by atoms with E-state index < -0.39 is 0 Å². The molecule has 0 radical (unpaired) electrons. The number of hydrazone groups is 1. The van der Waals surface area contributed by atoms with Gasteiger partial charge in [0.1, 0.15) is 6.17 Å². The van der Waals surface area contributed by atoms with Crippen molar-refractivity contribution in [3.05, 3.63) is 57.8 Å². The summed E-state index contributed by atoms with van der Waals surface area (Å²) >= 11 is 0. The SMILES string of the molecule is CC/C=N/N(C)C(N)c1ccc(N2CCN([C@H]3CC[C@@H](c4ccc(CC)c(=O)[nH]4)C3)CC2)cn1. The van der Waals surface area contributed by atoms with Crippen LogP contribution >= 0.6 is 0 Å². The number of aryl methyl sites for hydroxylation is 1. The van der Waals surface area contributed by atoms with E-state index in [4.69, 9.17) is 5.73 Å². The van der Waals surface area contributed by atoms with Crippen LogP contribution in [0.1, 0.15) is 68.6 Å². The van der Waals surface area contributed by atoms with Crippen molar-refractivity contribution < 1.29 is 0 Å². The van der Waals surface area contributed by atoms with E-state index in [1.54, 1.807) is 5.01 Å². The summed E-state index contributed by atoms with van der Waals surface area (Å²) < 4.78 is 0. The van der Waals surface area contributed by atoms with Crippen LogP contribution in [-0.4, -0.2) is 65.4 Å². The number of nitrogens with zero attached hydrogens (tertiary/aromatic N) is 5. The van der Waals surface area contributed by atoms with Gasteiger partial charge >= 0.3 is 0 Å². The second-order valence-corrected chi connectivity index (χ2v) is 9.47. The average Bonchev–Trinajstić information content (AvgIpc) is 3.37. The van der Waals surface area contributed by atoms with Crippen LogP contribution in [0.2, 0.25) is 0 Å². The van der Waals surface area contributed by atoms with E-state index in [1.165, 1.54) is 6.42 Å². The van der Waals surface area contributed by atoms with E-state index >= 15 is 0 Å². The Bertz CT molecular complexity index is 1010. The van der Waals surface area contributed by atoms with Gasteiger partial charge in [0, 0.05) is 62.7 Å². The van der Waals surface area contributed by atoms with Gasteiger partial charge in [0.25, 0.3) is 5.56 Å². The number of hydrogen-bond donors (Lipinski definition) is 2. The Hall–Kier alpha value is -2.71. The first-order valence-corrected chi connectivity index (χ1v) is 12.7. The third-order valence-corrected chi connectivity index (χ3v) is 7.36. The largest absolute Gasteiger partial charge is 0.368 e. The summed E-state index contributed by atoms with van der Waals surface area (Å²) in [5, 5.41) is 6.07. The number of anilines is 1. The summed E-state index contributed by atoms with van der Waals surface area (Å²) in [6, 6.07) is 8.86. The van der Waals surface area contributed by atoms with E-state index in [0.29, 0.717) is 12.0 Å². The number of aromatic nitrogens is 2. The molecule has 8 heteroatoms. The van der Waals surface area contributed by atoms with Crippen LogP contribution in [0.4, 0.5) is 5.69 Å². The Morgan fingerprint density at radius 3 is 2.65 bits per heavy atom. The lowest BCUT2D eigenvalue weighted by Crippen LogP contribution is -2.49. The maximum Gasteiger partial charge on any atom is 0.251 e. The standard InChI is InChI=1S/C26H39N7O/c1-4-12-29-31(3)25(27)24-11-9-22(18-28-24)33-15-13-32(14-16-33)21-8-6-20(17-21)23-10-7-19(5-2)26(34)30-23/h7,9-12,18,20-21,25H,4-6,8,13-17,27H2,1-3H3,(H,30,34)/b29-12+/t20-,21+,25?/m1/s1. The van der Waals surface area contributed by atoms with Crippen LogP contribution in [0.5, 0.6) is 0 Å². The molecular formula is C26H39N7O. The minimum atomic E-state index is -0.350. The number of nitrogens with one attached hydrogen (secondary N) is 1. The first kappa shape index (κ1) is 24.4. The second-order valence-electron chi connectivity index (χ2n) is 9.47. The Balaban J connectivity index is 1.29. The summed E-state index contributed by atoms with van der Waals surface area (Å²) in [7, 11) is 1.87. The fourth-order valence-corrected chi connectivity index (χ4v) is 5.19. The third kappa shape index (κ3) is 5.50. The zero-order valence-corrected chi connectivity index (χ0v) is 20.8. The molecule has 34 heavy (non-hydrogen) atoms. The Labute approximate surface area is 202 Å². The van der Waals surface area contributed by atoms with E-state index in [1.807, 2.05) is 45.4 Å². The van der Waals surface area contributed by atoms with E-state index in [0.717, 1.165) is 74.5 Å².